The number of halogens is 1. The first kappa shape index (κ1) is 25.3. The summed E-state index contributed by atoms with van der Waals surface area (Å²) in [6, 6.07) is 7.92. The lowest BCUT2D eigenvalue weighted by Crippen LogP contribution is -2.45. The van der Waals surface area contributed by atoms with Crippen LogP contribution in [0.2, 0.25) is 0 Å². The molecule has 2 N–H and O–H groups in total. The van der Waals surface area contributed by atoms with E-state index in [4.69, 9.17) is 4.74 Å². The number of nitrogens with zero attached hydrogens (tertiary/aromatic N) is 2. The molecule has 2 rings (SSSR count). The Balaban J connectivity index is 0.00000392. The molecule has 1 fully saturated rings. The Morgan fingerprint density at radius 1 is 1.32 bits per heavy atom. The van der Waals surface area contributed by atoms with Crippen LogP contribution in [0.25, 0.3) is 0 Å². The Bertz CT molecular complexity index is 725. The number of aryl methyl sites for hydroxylation is 1. The summed E-state index contributed by atoms with van der Waals surface area (Å²) >= 11 is 1.79. The smallest absolute Gasteiger partial charge is 0.215 e. The number of sulfonamides is 1. The molecule has 0 aromatic heterocycles. The summed E-state index contributed by atoms with van der Waals surface area (Å²) in [4.78, 5) is 4.14. The molecule has 1 heterocycles. The molecule has 0 aliphatic carbocycles. The molecule has 160 valence electrons. The monoisotopic (exact) mass is 542 g/mol. The normalized spacial score (nSPS) is 16.8. The highest BCUT2D eigenvalue weighted by atomic mass is 127. The summed E-state index contributed by atoms with van der Waals surface area (Å²) in [6.45, 7) is 6.09. The van der Waals surface area contributed by atoms with Crippen LogP contribution in [0.4, 0.5) is 0 Å². The van der Waals surface area contributed by atoms with Crippen LogP contribution in [-0.2, 0) is 10.0 Å². The van der Waals surface area contributed by atoms with E-state index in [1.54, 1.807) is 23.1 Å². The first-order chi connectivity index (χ1) is 12.9. The highest BCUT2D eigenvalue weighted by Gasteiger charge is 2.23. The minimum atomic E-state index is -3.21. The number of aliphatic imine (C=N–C) groups is 1. The zero-order chi connectivity index (χ0) is 19.7. The number of guanidine groups is 1. The van der Waals surface area contributed by atoms with Crippen molar-refractivity contribution in [1.82, 2.24) is 14.9 Å². The SMILES string of the molecule is CN=C(NCCS(=O)(=O)N1CCSCC1)NCC(C)Oc1cccc(C)c1.I. The maximum Gasteiger partial charge on any atom is 0.215 e. The number of hydrogen-bond donors (Lipinski definition) is 2. The van der Waals surface area contributed by atoms with Crippen molar-refractivity contribution in [2.24, 2.45) is 4.99 Å². The van der Waals surface area contributed by atoms with E-state index in [-0.39, 0.29) is 35.8 Å². The van der Waals surface area contributed by atoms with E-state index >= 15 is 0 Å². The second-order valence-corrected chi connectivity index (χ2v) is 9.77. The van der Waals surface area contributed by atoms with E-state index in [0.29, 0.717) is 32.1 Å². The Hall–Kier alpha value is -0.720. The van der Waals surface area contributed by atoms with Gasteiger partial charge in [-0.2, -0.15) is 11.8 Å². The fraction of sp³-hybridized carbons (Fsp3) is 0.611. The zero-order valence-electron chi connectivity index (χ0n) is 16.7. The third-order valence-corrected chi connectivity index (χ3v) is 6.94. The Morgan fingerprint density at radius 3 is 2.68 bits per heavy atom. The summed E-state index contributed by atoms with van der Waals surface area (Å²) < 4.78 is 32.2. The van der Waals surface area contributed by atoms with Crippen molar-refractivity contribution in [2.45, 2.75) is 20.0 Å². The Labute approximate surface area is 190 Å². The fourth-order valence-electron chi connectivity index (χ4n) is 2.68. The molecular formula is C18H31IN4O3S2. The molecule has 1 unspecified atom stereocenters. The van der Waals surface area contributed by atoms with E-state index in [9.17, 15) is 8.42 Å². The highest BCUT2D eigenvalue weighted by Crippen LogP contribution is 2.14. The molecule has 0 saturated carbocycles. The molecule has 1 atom stereocenters. The number of rotatable bonds is 8. The van der Waals surface area contributed by atoms with Gasteiger partial charge in [-0.25, -0.2) is 12.7 Å². The average Bonchev–Trinajstić information content (AvgIpc) is 2.65. The summed E-state index contributed by atoms with van der Waals surface area (Å²) in [5.74, 6) is 3.20. The lowest BCUT2D eigenvalue weighted by Gasteiger charge is -2.25. The molecule has 0 radical (unpaired) electrons. The molecule has 28 heavy (non-hydrogen) atoms. The number of benzene rings is 1. The van der Waals surface area contributed by atoms with Crippen molar-refractivity contribution in [3.05, 3.63) is 29.8 Å². The molecule has 1 aromatic rings. The maximum absolute atomic E-state index is 12.3. The second-order valence-electron chi connectivity index (χ2n) is 6.45. The molecule has 0 amide bonds. The average molecular weight is 543 g/mol. The van der Waals surface area contributed by atoms with Crippen molar-refractivity contribution in [1.29, 1.82) is 0 Å². The summed E-state index contributed by atoms with van der Waals surface area (Å²) in [6.07, 6.45) is -0.0556. The number of thioether (sulfide) groups is 1. The highest BCUT2D eigenvalue weighted by molar-refractivity contribution is 14.0. The molecule has 1 aliphatic rings. The molecule has 1 aromatic carbocycles. The predicted molar refractivity (Wildman–Crippen MR) is 129 cm³/mol. The van der Waals surface area contributed by atoms with Crippen LogP contribution in [0.5, 0.6) is 5.75 Å². The second kappa shape index (κ2) is 12.8. The minimum Gasteiger partial charge on any atom is -0.489 e. The van der Waals surface area contributed by atoms with E-state index < -0.39 is 10.0 Å². The van der Waals surface area contributed by atoms with Crippen LogP contribution >= 0.6 is 35.7 Å². The molecule has 0 spiro atoms. The first-order valence-corrected chi connectivity index (χ1v) is 11.9. The summed E-state index contributed by atoms with van der Waals surface area (Å²) in [7, 11) is -1.55. The fourth-order valence-corrected chi connectivity index (χ4v) is 5.17. The van der Waals surface area contributed by atoms with E-state index in [1.807, 2.05) is 38.1 Å². The predicted octanol–water partition coefficient (Wildman–Crippen LogP) is 1.92. The Kier molecular flexibility index (Phi) is 11.5. The van der Waals surface area contributed by atoms with Crippen LogP contribution in [-0.4, -0.2) is 75.3 Å². The molecule has 10 heteroatoms. The van der Waals surface area contributed by atoms with Gasteiger partial charge in [-0.05, 0) is 31.5 Å². The van der Waals surface area contributed by atoms with Crippen LogP contribution in [0, 0.1) is 6.92 Å². The standard InChI is InChI=1S/C18H30N4O3S2.HI/c1-15-5-4-6-17(13-15)25-16(2)14-21-18(19-3)20-7-12-27(23,24)22-8-10-26-11-9-22;/h4-6,13,16H,7-12,14H2,1-3H3,(H2,19,20,21);1H. The molecule has 1 saturated heterocycles. The van der Waals surface area contributed by atoms with Gasteiger partial charge in [-0.15, -0.1) is 24.0 Å². The molecular weight excluding hydrogens is 511 g/mol. The van der Waals surface area contributed by atoms with Gasteiger partial charge in [0.25, 0.3) is 0 Å². The van der Waals surface area contributed by atoms with Gasteiger partial charge in [0.1, 0.15) is 11.9 Å². The van der Waals surface area contributed by atoms with Gasteiger partial charge in [0.05, 0.1) is 12.3 Å². The summed E-state index contributed by atoms with van der Waals surface area (Å²) in [5.41, 5.74) is 1.15. The number of hydrogen-bond acceptors (Lipinski definition) is 5. The van der Waals surface area contributed by atoms with Crippen molar-refractivity contribution in [2.75, 3.05) is 50.5 Å². The lowest BCUT2D eigenvalue weighted by atomic mass is 10.2. The lowest BCUT2D eigenvalue weighted by molar-refractivity contribution is 0.223. The van der Waals surface area contributed by atoms with E-state index in [1.165, 1.54) is 0 Å². The van der Waals surface area contributed by atoms with Gasteiger partial charge < -0.3 is 15.4 Å². The molecule has 1 aliphatic heterocycles. The van der Waals surface area contributed by atoms with E-state index in [2.05, 4.69) is 15.6 Å². The largest absolute Gasteiger partial charge is 0.489 e. The van der Waals surface area contributed by atoms with Crippen molar-refractivity contribution in [3.8, 4) is 5.75 Å². The van der Waals surface area contributed by atoms with E-state index in [0.717, 1.165) is 22.8 Å². The zero-order valence-corrected chi connectivity index (χ0v) is 20.6. The van der Waals surface area contributed by atoms with Crippen LogP contribution in [0.15, 0.2) is 29.3 Å². The van der Waals surface area contributed by atoms with Crippen molar-refractivity contribution >= 4 is 51.7 Å². The van der Waals surface area contributed by atoms with Gasteiger partial charge in [0.15, 0.2) is 5.96 Å². The third-order valence-electron chi connectivity index (χ3n) is 4.12. The van der Waals surface area contributed by atoms with Crippen LogP contribution in [0.3, 0.4) is 0 Å². The number of nitrogens with one attached hydrogen (secondary N) is 2. The molecule has 0 bridgehead atoms. The van der Waals surface area contributed by atoms with Gasteiger partial charge in [0.2, 0.25) is 10.0 Å². The van der Waals surface area contributed by atoms with Crippen molar-refractivity contribution < 1.29 is 13.2 Å². The molecule has 7 nitrogen and oxygen atoms in total. The minimum absolute atomic E-state index is 0. The topological polar surface area (TPSA) is 83.0 Å². The maximum atomic E-state index is 12.3. The summed E-state index contributed by atoms with van der Waals surface area (Å²) in [5, 5.41) is 6.24. The van der Waals surface area contributed by atoms with Crippen LogP contribution < -0.4 is 15.4 Å². The van der Waals surface area contributed by atoms with Crippen LogP contribution in [0.1, 0.15) is 12.5 Å². The first-order valence-electron chi connectivity index (χ1n) is 9.14. The third kappa shape index (κ3) is 8.75. The van der Waals surface area contributed by atoms with Gasteiger partial charge >= 0.3 is 0 Å². The van der Waals surface area contributed by atoms with Gasteiger partial charge in [-0.3, -0.25) is 4.99 Å². The van der Waals surface area contributed by atoms with Gasteiger partial charge in [0, 0.05) is 38.2 Å². The number of ether oxygens (including phenoxy) is 1. The van der Waals surface area contributed by atoms with Gasteiger partial charge in [-0.1, -0.05) is 12.1 Å². The quantitative estimate of drug-likeness (QED) is 0.297. The van der Waals surface area contributed by atoms with Crippen molar-refractivity contribution in [3.63, 3.8) is 0 Å². The Morgan fingerprint density at radius 2 is 2.04 bits per heavy atom.